The molecule has 2 N–H and O–H groups in total. The first kappa shape index (κ1) is 19.5. The maximum atomic E-state index is 13.1. The van der Waals surface area contributed by atoms with Crippen molar-refractivity contribution in [2.75, 3.05) is 5.32 Å². The molecule has 0 saturated heterocycles. The molecule has 7 heteroatoms. The molecule has 0 spiro atoms. The molecule has 148 valence electrons. The molecular weight excluding hydrogens is 390 g/mol. The van der Waals surface area contributed by atoms with E-state index in [1.165, 1.54) is 0 Å². The number of nitrogens with one attached hydrogen (secondary N) is 2. The summed E-state index contributed by atoms with van der Waals surface area (Å²) in [6, 6.07) is 3.97. The number of anilines is 1. The predicted molar refractivity (Wildman–Crippen MR) is 115 cm³/mol. The molecule has 2 aromatic heterocycles. The summed E-state index contributed by atoms with van der Waals surface area (Å²) >= 11 is 3.15. The lowest BCUT2D eigenvalue weighted by molar-refractivity contribution is -0.118. The summed E-state index contributed by atoms with van der Waals surface area (Å²) in [6.45, 7) is 8.46. The molecule has 3 heterocycles. The van der Waals surface area contributed by atoms with Crippen LogP contribution in [0.5, 0.6) is 0 Å². The van der Waals surface area contributed by atoms with Gasteiger partial charge in [0.2, 0.25) is 0 Å². The number of carbonyl (C=O) groups excluding carboxylic acids is 1. The second kappa shape index (κ2) is 7.19. The predicted octanol–water partition coefficient (Wildman–Crippen LogP) is 4.92. The second-order valence-corrected chi connectivity index (χ2v) is 10.8. The molecule has 1 aliphatic carbocycles. The Bertz CT molecular complexity index is 1010. The van der Waals surface area contributed by atoms with Gasteiger partial charge in [0.1, 0.15) is 5.82 Å². The number of H-pyrrole nitrogens is 1. The molecule has 0 fully saturated rings. The number of allylic oxidation sites excluding steroid dienone is 2. The molecule has 0 radical (unpaired) electrons. The lowest BCUT2D eigenvalue weighted by Gasteiger charge is -2.38. The number of carbonyl (C=O) groups is 1. The van der Waals surface area contributed by atoms with E-state index >= 15 is 0 Å². The van der Waals surface area contributed by atoms with Crippen molar-refractivity contribution in [2.24, 2.45) is 5.41 Å². The van der Waals surface area contributed by atoms with E-state index in [-0.39, 0.29) is 22.7 Å². The number of aromatic amines is 1. The van der Waals surface area contributed by atoms with E-state index in [0.29, 0.717) is 28.2 Å². The van der Waals surface area contributed by atoms with Crippen LogP contribution in [0.4, 0.5) is 5.82 Å². The summed E-state index contributed by atoms with van der Waals surface area (Å²) in [7, 11) is 0. The number of ketones is 1. The normalized spacial score (nSPS) is 21.7. The van der Waals surface area contributed by atoms with E-state index in [9.17, 15) is 9.59 Å². The van der Waals surface area contributed by atoms with Gasteiger partial charge in [-0.3, -0.25) is 9.59 Å². The van der Waals surface area contributed by atoms with Gasteiger partial charge in [-0.25, -0.2) is 4.98 Å². The van der Waals surface area contributed by atoms with Gasteiger partial charge >= 0.3 is 0 Å². The molecule has 5 nitrogen and oxygen atoms in total. The molecule has 4 rings (SSSR count). The van der Waals surface area contributed by atoms with E-state index in [4.69, 9.17) is 4.98 Å². The summed E-state index contributed by atoms with van der Waals surface area (Å²) in [6.07, 6.45) is 2.27. The van der Waals surface area contributed by atoms with Gasteiger partial charge in [0, 0.05) is 27.8 Å². The van der Waals surface area contributed by atoms with Crippen LogP contribution in [-0.2, 0) is 4.79 Å². The Morgan fingerprint density at radius 1 is 1.36 bits per heavy atom. The third-order valence-corrected chi connectivity index (χ3v) is 7.51. The van der Waals surface area contributed by atoms with Crippen molar-refractivity contribution in [3.05, 3.63) is 49.6 Å². The molecule has 2 aliphatic rings. The average molecular weight is 416 g/mol. The van der Waals surface area contributed by atoms with Gasteiger partial charge in [-0.1, -0.05) is 45.5 Å². The molecule has 2 atom stereocenters. The van der Waals surface area contributed by atoms with Crippen LogP contribution in [0.15, 0.2) is 38.7 Å². The number of nitrogens with zero attached hydrogens (tertiary/aromatic N) is 1. The zero-order valence-corrected chi connectivity index (χ0v) is 18.2. The van der Waals surface area contributed by atoms with Crippen molar-refractivity contribution in [2.45, 2.75) is 63.3 Å². The lowest BCUT2D eigenvalue weighted by Crippen LogP contribution is -2.36. The maximum Gasteiger partial charge on any atom is 0.257 e. The Balaban J connectivity index is 1.88. The fourth-order valence-corrected chi connectivity index (χ4v) is 5.65. The van der Waals surface area contributed by atoms with E-state index < -0.39 is 0 Å². The van der Waals surface area contributed by atoms with E-state index in [0.717, 1.165) is 29.0 Å². The Morgan fingerprint density at radius 3 is 2.82 bits per heavy atom. The van der Waals surface area contributed by atoms with Crippen molar-refractivity contribution in [1.29, 1.82) is 0 Å². The first-order chi connectivity index (χ1) is 13.3. The topological polar surface area (TPSA) is 74.8 Å². The quantitative estimate of drug-likeness (QED) is 0.547. The standard InChI is InChI=1S/C21H25N3O2S2/c1-5-11(2)28-20-23-18-17(19(26)24-20)16(14-7-6-8-27-14)15-12(22-18)9-21(3,4)10-13(15)25/h6-8,11,16H,5,9-10H2,1-4H3,(H2,22,23,24,26). The van der Waals surface area contributed by atoms with Crippen LogP contribution in [0.25, 0.3) is 0 Å². The lowest BCUT2D eigenvalue weighted by atomic mass is 9.70. The summed E-state index contributed by atoms with van der Waals surface area (Å²) in [5.41, 5.74) is 1.96. The largest absolute Gasteiger partial charge is 0.343 e. The number of rotatable bonds is 4. The van der Waals surface area contributed by atoms with Crippen LogP contribution in [0.1, 0.15) is 63.3 Å². The summed E-state index contributed by atoms with van der Waals surface area (Å²) in [5.74, 6) is 0.381. The van der Waals surface area contributed by atoms with Gasteiger partial charge in [0.05, 0.1) is 11.5 Å². The number of hydrogen-bond acceptors (Lipinski definition) is 6. The number of thiophene rings is 1. The third kappa shape index (κ3) is 3.46. The molecule has 1 aliphatic heterocycles. The Hall–Kier alpha value is -1.86. The first-order valence-corrected chi connectivity index (χ1v) is 11.4. The van der Waals surface area contributed by atoms with Crippen LogP contribution in [0, 0.1) is 5.41 Å². The zero-order chi connectivity index (χ0) is 20.1. The van der Waals surface area contributed by atoms with Gasteiger partial charge in [-0.15, -0.1) is 11.3 Å². The van der Waals surface area contributed by atoms with Crippen LogP contribution in [-0.4, -0.2) is 21.0 Å². The van der Waals surface area contributed by atoms with Gasteiger partial charge in [0.25, 0.3) is 5.56 Å². The van der Waals surface area contributed by atoms with Crippen LogP contribution >= 0.6 is 23.1 Å². The fourth-order valence-electron chi connectivity index (χ4n) is 3.96. The molecule has 2 unspecified atom stereocenters. The molecule has 2 aromatic rings. The highest BCUT2D eigenvalue weighted by Gasteiger charge is 2.42. The minimum atomic E-state index is -0.339. The fraction of sp³-hybridized carbons (Fsp3) is 0.476. The summed E-state index contributed by atoms with van der Waals surface area (Å²) < 4.78 is 0. The molecule has 0 amide bonds. The van der Waals surface area contributed by atoms with Crippen molar-refractivity contribution in [1.82, 2.24) is 9.97 Å². The Morgan fingerprint density at radius 2 is 2.14 bits per heavy atom. The van der Waals surface area contributed by atoms with E-state index in [2.05, 4.69) is 38.0 Å². The monoisotopic (exact) mass is 415 g/mol. The van der Waals surface area contributed by atoms with Gasteiger partial charge in [0.15, 0.2) is 10.9 Å². The second-order valence-electron chi connectivity index (χ2n) is 8.38. The van der Waals surface area contributed by atoms with Crippen LogP contribution in [0.2, 0.25) is 0 Å². The molecule has 28 heavy (non-hydrogen) atoms. The van der Waals surface area contributed by atoms with Gasteiger partial charge in [-0.2, -0.15) is 0 Å². The third-order valence-electron chi connectivity index (χ3n) is 5.42. The van der Waals surface area contributed by atoms with E-state index in [1.54, 1.807) is 23.1 Å². The smallest absolute Gasteiger partial charge is 0.257 e. The Kier molecular flexibility index (Phi) is 5.00. The number of aromatic nitrogens is 2. The highest BCUT2D eigenvalue weighted by molar-refractivity contribution is 7.99. The van der Waals surface area contributed by atoms with Gasteiger partial charge < -0.3 is 10.3 Å². The number of thioether (sulfide) groups is 1. The molecule has 0 aromatic carbocycles. The molecule has 0 saturated carbocycles. The Labute approximate surface area is 173 Å². The van der Waals surface area contributed by atoms with Crippen molar-refractivity contribution < 1.29 is 4.79 Å². The highest BCUT2D eigenvalue weighted by Crippen LogP contribution is 2.48. The van der Waals surface area contributed by atoms with Gasteiger partial charge in [-0.05, 0) is 29.7 Å². The average Bonchev–Trinajstić information content (AvgIpc) is 3.12. The SMILES string of the molecule is CCC(C)Sc1nc2c(c(=O)[nH]1)C(c1cccs1)C1=C(CC(C)(C)CC1=O)N2. The minimum absolute atomic E-state index is 0.101. The molecular formula is C21H25N3O2S2. The minimum Gasteiger partial charge on any atom is -0.343 e. The van der Waals surface area contributed by atoms with Crippen molar-refractivity contribution >= 4 is 34.7 Å². The summed E-state index contributed by atoms with van der Waals surface area (Å²) in [4.78, 5) is 34.9. The van der Waals surface area contributed by atoms with Crippen LogP contribution in [0.3, 0.4) is 0 Å². The number of Topliss-reactive ketones (excluding diaryl/α,β-unsaturated/α-hetero) is 1. The number of hydrogen-bond donors (Lipinski definition) is 2. The highest BCUT2D eigenvalue weighted by atomic mass is 32.2. The van der Waals surface area contributed by atoms with E-state index in [1.807, 2.05) is 17.5 Å². The summed E-state index contributed by atoms with van der Waals surface area (Å²) in [5, 5.41) is 6.35. The first-order valence-electron chi connectivity index (χ1n) is 9.66. The zero-order valence-electron chi connectivity index (χ0n) is 16.6. The van der Waals surface area contributed by atoms with Crippen molar-refractivity contribution in [3.8, 4) is 0 Å². The van der Waals surface area contributed by atoms with Crippen molar-refractivity contribution in [3.63, 3.8) is 0 Å². The number of fused-ring (bicyclic) bond motifs is 1. The maximum absolute atomic E-state index is 13.1. The molecule has 0 bridgehead atoms. The van der Waals surface area contributed by atoms with Crippen LogP contribution < -0.4 is 10.9 Å².